The topological polar surface area (TPSA) is 170 Å². The van der Waals surface area contributed by atoms with Crippen LogP contribution in [0.3, 0.4) is 0 Å². The molecule has 0 radical (unpaired) electrons. The van der Waals surface area contributed by atoms with E-state index in [2.05, 4.69) is 20.9 Å². The summed E-state index contributed by atoms with van der Waals surface area (Å²) < 4.78 is 21.6. The minimum absolute atomic E-state index is 0.0222. The average molecular weight is 870 g/mol. The molecule has 2 saturated heterocycles. The number of halogens is 1. The fraction of sp³-hybridized carbons (Fsp3) is 0.447. The van der Waals surface area contributed by atoms with E-state index in [0.29, 0.717) is 76.8 Å². The molecule has 3 heterocycles. The summed E-state index contributed by atoms with van der Waals surface area (Å²) in [5.74, 6) is -1.26. The van der Waals surface area contributed by atoms with Gasteiger partial charge in [-0.2, -0.15) is 0 Å². The van der Waals surface area contributed by atoms with Crippen LogP contribution in [0.25, 0.3) is 10.4 Å². The molecule has 15 heteroatoms. The zero-order valence-electron chi connectivity index (χ0n) is 36.6. The molecule has 62 heavy (non-hydrogen) atoms. The number of aromatic hydroxyl groups is 1. The molecule has 0 saturated carbocycles. The Hall–Kier alpha value is -5.51. The Balaban J connectivity index is 1.03. The molecule has 0 spiro atoms. The van der Waals surface area contributed by atoms with Crippen LogP contribution in [0.5, 0.6) is 5.75 Å². The number of benzene rings is 3. The number of amides is 3. The third kappa shape index (κ3) is 11.1. The number of ether oxygens (including phenoxy) is 1. The van der Waals surface area contributed by atoms with Crippen LogP contribution in [0.15, 0.2) is 60.7 Å². The second-order valence-electron chi connectivity index (χ2n) is 17.3. The number of esters is 1. The number of piperidine rings is 2. The highest BCUT2D eigenvalue weighted by Gasteiger charge is 2.32. The molecule has 2 aliphatic rings. The highest BCUT2D eigenvalue weighted by Crippen LogP contribution is 2.43. The van der Waals surface area contributed by atoms with Crippen LogP contribution >= 0.6 is 11.3 Å². The van der Waals surface area contributed by atoms with Gasteiger partial charge in [-0.25, -0.2) is 9.18 Å². The predicted molar refractivity (Wildman–Crippen MR) is 245 cm³/mol. The summed E-state index contributed by atoms with van der Waals surface area (Å²) in [7, 11) is 3.45. The monoisotopic (exact) mass is 869 g/mol. The molecule has 6 N–H and O–H groups in total. The normalized spacial score (nSPS) is 16.7. The van der Waals surface area contributed by atoms with E-state index in [1.807, 2.05) is 80.3 Å². The number of carbonyl (C=O) groups excluding carboxylic acids is 4. The zero-order chi connectivity index (χ0) is 44.7. The molecule has 13 nitrogen and oxygen atoms in total. The summed E-state index contributed by atoms with van der Waals surface area (Å²) in [6, 6.07) is 18.8. The molecule has 2 unspecified atom stereocenters. The van der Waals surface area contributed by atoms with Crippen molar-refractivity contribution in [2.24, 2.45) is 5.73 Å². The number of nitrogens with two attached hydrogens (primary N) is 1. The highest BCUT2D eigenvalue weighted by atomic mass is 32.1. The molecule has 2 fully saturated rings. The first kappa shape index (κ1) is 46.0. The Kier molecular flexibility index (Phi) is 14.9. The number of likely N-dealkylation sites (N-methyl/N-ethyl adjacent to an activating group) is 1. The summed E-state index contributed by atoms with van der Waals surface area (Å²) in [4.78, 5) is 55.8. The summed E-state index contributed by atoms with van der Waals surface area (Å²) in [6.07, 6.45) is 4.44. The third-order valence-corrected chi connectivity index (χ3v) is 13.0. The maximum absolute atomic E-state index is 16.0. The summed E-state index contributed by atoms with van der Waals surface area (Å²) in [6.45, 7) is 10.2. The van der Waals surface area contributed by atoms with E-state index >= 15 is 4.39 Å². The van der Waals surface area contributed by atoms with Gasteiger partial charge in [0.15, 0.2) is 5.82 Å². The van der Waals surface area contributed by atoms with E-state index in [1.54, 1.807) is 27.1 Å². The molecule has 4 aromatic rings. The standard InChI is InChI=1S/C47H60FN7O6S/c1-29-42(58)44(62-43(29)46(60)61-47(2,3)4)32-9-7-11-35(25-32)51-34-19-23-55(24-20-34)27-33-10-8-12-36(41(33)48)50-22-18-30(17-21-49)31-13-14-37(39(26-31)53(5)28-56)54(6)38-15-16-40(57)52-45(38)59/h7-14,25-26,28,30,34,38,50-51,58H,15-24,27,49H2,1-6H3,(H,52,57,59). The van der Waals surface area contributed by atoms with Gasteiger partial charge in [0.05, 0.1) is 21.9 Å². The number of hydrogen-bond acceptors (Lipinski definition) is 12. The van der Waals surface area contributed by atoms with Crippen molar-refractivity contribution in [2.45, 2.75) is 96.4 Å². The average Bonchev–Trinajstić information content (AvgIpc) is 3.54. The summed E-state index contributed by atoms with van der Waals surface area (Å²) in [5.41, 5.74) is 11.0. The van der Waals surface area contributed by atoms with Crippen LogP contribution < -0.4 is 31.5 Å². The van der Waals surface area contributed by atoms with Gasteiger partial charge in [0.25, 0.3) is 0 Å². The van der Waals surface area contributed by atoms with Gasteiger partial charge in [0.2, 0.25) is 18.2 Å². The van der Waals surface area contributed by atoms with Gasteiger partial charge in [0, 0.05) is 69.6 Å². The summed E-state index contributed by atoms with van der Waals surface area (Å²) in [5, 5.41) is 20.3. The Morgan fingerprint density at radius 1 is 1.06 bits per heavy atom. The van der Waals surface area contributed by atoms with Crippen molar-refractivity contribution in [2.75, 3.05) is 60.7 Å². The number of anilines is 4. The van der Waals surface area contributed by atoms with E-state index < -0.39 is 17.6 Å². The highest BCUT2D eigenvalue weighted by molar-refractivity contribution is 7.18. The van der Waals surface area contributed by atoms with E-state index in [4.69, 9.17) is 10.5 Å². The molecule has 3 amide bonds. The van der Waals surface area contributed by atoms with Crippen molar-refractivity contribution in [3.8, 4) is 16.2 Å². The second kappa shape index (κ2) is 20.1. The Morgan fingerprint density at radius 2 is 1.81 bits per heavy atom. The lowest BCUT2D eigenvalue weighted by Gasteiger charge is -2.34. The maximum atomic E-state index is 16.0. The smallest absolute Gasteiger partial charge is 0.349 e. The van der Waals surface area contributed by atoms with Gasteiger partial charge < -0.3 is 36.0 Å². The van der Waals surface area contributed by atoms with Crippen molar-refractivity contribution in [1.82, 2.24) is 10.2 Å². The number of rotatable bonds is 17. The first-order valence-corrected chi connectivity index (χ1v) is 22.1. The summed E-state index contributed by atoms with van der Waals surface area (Å²) >= 11 is 1.23. The van der Waals surface area contributed by atoms with Crippen molar-refractivity contribution < 1.29 is 33.4 Å². The molecule has 6 rings (SSSR count). The van der Waals surface area contributed by atoms with E-state index in [1.165, 1.54) is 16.2 Å². The second-order valence-corrected chi connectivity index (χ2v) is 18.3. The van der Waals surface area contributed by atoms with Gasteiger partial charge in [0.1, 0.15) is 22.3 Å². The quantitative estimate of drug-likeness (QED) is 0.0408. The molecule has 2 atom stereocenters. The Labute approximate surface area is 367 Å². The largest absolute Gasteiger partial charge is 0.506 e. The number of imide groups is 1. The zero-order valence-corrected chi connectivity index (χ0v) is 37.4. The lowest BCUT2D eigenvalue weighted by molar-refractivity contribution is -0.134. The molecular weight excluding hydrogens is 810 g/mol. The van der Waals surface area contributed by atoms with E-state index in [9.17, 15) is 24.3 Å². The van der Waals surface area contributed by atoms with Crippen molar-refractivity contribution >= 4 is 58.3 Å². The van der Waals surface area contributed by atoms with Crippen molar-refractivity contribution in [3.05, 3.63) is 88.0 Å². The minimum atomic E-state index is -0.642. The van der Waals surface area contributed by atoms with E-state index in [-0.39, 0.29) is 41.8 Å². The molecule has 0 aliphatic carbocycles. The Bertz CT molecular complexity index is 2250. The van der Waals surface area contributed by atoms with Crippen molar-refractivity contribution in [1.29, 1.82) is 0 Å². The van der Waals surface area contributed by atoms with Crippen LogP contribution in [0.1, 0.15) is 91.6 Å². The number of nitrogens with zero attached hydrogens (tertiary/aromatic N) is 3. The molecule has 332 valence electrons. The van der Waals surface area contributed by atoms with Gasteiger partial charge in [-0.3, -0.25) is 24.6 Å². The van der Waals surface area contributed by atoms with E-state index in [0.717, 1.165) is 49.2 Å². The number of nitrogens with one attached hydrogen (secondary N) is 3. The van der Waals surface area contributed by atoms with Crippen LogP contribution in [0.4, 0.5) is 27.1 Å². The first-order valence-electron chi connectivity index (χ1n) is 21.3. The van der Waals surface area contributed by atoms with Gasteiger partial charge in [-0.15, -0.1) is 11.3 Å². The van der Waals surface area contributed by atoms with Crippen LogP contribution in [0, 0.1) is 12.7 Å². The number of thiophene rings is 1. The van der Waals surface area contributed by atoms with Gasteiger partial charge >= 0.3 is 5.97 Å². The number of likely N-dealkylation sites (tertiary alicyclic amines) is 1. The molecule has 1 aromatic heterocycles. The SMILES string of the molecule is Cc1c(C(=O)OC(C)(C)C)sc(-c2cccc(NC3CCN(Cc4cccc(NCCC(CCN)c5ccc(N(C)C6CCC(=O)NC6=O)c(N(C)C=O)c5)c4F)CC3)c2)c1O. The lowest BCUT2D eigenvalue weighted by Crippen LogP contribution is -2.51. The van der Waals surface area contributed by atoms with Crippen LogP contribution in [-0.4, -0.2) is 92.2 Å². The molecule has 2 aliphatic heterocycles. The van der Waals surface area contributed by atoms with Gasteiger partial charge in [-0.1, -0.05) is 30.3 Å². The molecular formula is C47H60FN7O6S. The number of carbonyl (C=O) groups is 4. The van der Waals surface area contributed by atoms with Gasteiger partial charge in [-0.05, 0) is 114 Å². The van der Waals surface area contributed by atoms with Crippen LogP contribution in [-0.2, 0) is 25.7 Å². The van der Waals surface area contributed by atoms with Crippen molar-refractivity contribution in [3.63, 3.8) is 0 Å². The third-order valence-electron chi connectivity index (χ3n) is 11.6. The molecule has 0 bridgehead atoms. The lowest BCUT2D eigenvalue weighted by atomic mass is 9.91. The first-order chi connectivity index (χ1) is 29.6. The number of hydrogen-bond donors (Lipinski definition) is 5. The molecule has 3 aromatic carbocycles. The predicted octanol–water partition coefficient (Wildman–Crippen LogP) is 7.37. The fourth-order valence-corrected chi connectivity index (χ4v) is 9.31. The fourth-order valence-electron chi connectivity index (χ4n) is 8.23. The Morgan fingerprint density at radius 3 is 2.50 bits per heavy atom. The minimum Gasteiger partial charge on any atom is -0.506 e. The maximum Gasteiger partial charge on any atom is 0.349 e. The van der Waals surface area contributed by atoms with Crippen LogP contribution in [0.2, 0.25) is 0 Å².